The number of carbonyl (C=O) groups is 2. The summed E-state index contributed by atoms with van der Waals surface area (Å²) < 4.78 is 4.68. The van der Waals surface area contributed by atoms with Gasteiger partial charge in [-0.1, -0.05) is 6.07 Å². The summed E-state index contributed by atoms with van der Waals surface area (Å²) in [5.41, 5.74) is 0.421. The van der Waals surface area contributed by atoms with E-state index in [1.807, 2.05) is 0 Å². The number of ether oxygens (including phenoxy) is 1. The number of nitrogens with zero attached hydrogens (tertiary/aromatic N) is 2. The first-order valence-corrected chi connectivity index (χ1v) is 7.24. The zero-order valence-electron chi connectivity index (χ0n) is 10.7. The number of pyridine rings is 1. The molecule has 0 bridgehead atoms. The predicted octanol–water partition coefficient (Wildman–Crippen LogP) is 1.20. The molecule has 19 heavy (non-hydrogen) atoms. The molecule has 0 aromatic carbocycles. The lowest BCUT2D eigenvalue weighted by atomic mass is 10.1. The predicted molar refractivity (Wildman–Crippen MR) is 73.0 cm³/mol. The number of amides is 1. The van der Waals surface area contributed by atoms with Gasteiger partial charge in [0, 0.05) is 24.2 Å². The lowest BCUT2D eigenvalue weighted by molar-refractivity contribution is -0.141. The third-order valence-electron chi connectivity index (χ3n) is 3.00. The number of hydrogen-bond acceptors (Lipinski definition) is 5. The molecular weight excluding hydrogens is 264 g/mol. The Kier molecular flexibility index (Phi) is 4.79. The fraction of sp³-hybridized carbons (Fsp3) is 0.462. The largest absolute Gasteiger partial charge is 0.469 e. The molecule has 1 amide bonds. The van der Waals surface area contributed by atoms with Crippen LogP contribution in [-0.4, -0.2) is 53.0 Å². The van der Waals surface area contributed by atoms with Crippen molar-refractivity contribution in [1.82, 2.24) is 9.88 Å². The van der Waals surface area contributed by atoms with Crippen LogP contribution in [0.3, 0.4) is 0 Å². The number of carbonyl (C=O) groups excluding carboxylic acids is 2. The summed E-state index contributed by atoms with van der Waals surface area (Å²) in [6, 6.07) is 5.14. The molecular formula is C13H16N2O3S. The van der Waals surface area contributed by atoms with E-state index in [4.69, 9.17) is 0 Å². The van der Waals surface area contributed by atoms with Gasteiger partial charge in [-0.2, -0.15) is 11.8 Å². The quantitative estimate of drug-likeness (QED) is 0.779. The van der Waals surface area contributed by atoms with E-state index in [2.05, 4.69) is 9.72 Å². The van der Waals surface area contributed by atoms with E-state index in [0.29, 0.717) is 12.2 Å². The molecule has 0 N–H and O–H groups in total. The van der Waals surface area contributed by atoms with Crippen LogP contribution in [0.15, 0.2) is 24.4 Å². The molecule has 1 aliphatic heterocycles. The molecule has 0 spiro atoms. The second-order valence-corrected chi connectivity index (χ2v) is 5.37. The summed E-state index contributed by atoms with van der Waals surface area (Å²) in [5.74, 6) is 1.24. The van der Waals surface area contributed by atoms with E-state index in [0.717, 1.165) is 11.5 Å². The van der Waals surface area contributed by atoms with Gasteiger partial charge in [0.1, 0.15) is 5.69 Å². The topological polar surface area (TPSA) is 59.5 Å². The van der Waals surface area contributed by atoms with Gasteiger partial charge < -0.3 is 9.64 Å². The van der Waals surface area contributed by atoms with Crippen LogP contribution in [0.4, 0.5) is 0 Å². The maximum Gasteiger partial charge on any atom is 0.307 e. The molecule has 2 heterocycles. The van der Waals surface area contributed by atoms with E-state index in [9.17, 15) is 9.59 Å². The van der Waals surface area contributed by atoms with Crippen LogP contribution in [0.1, 0.15) is 16.9 Å². The number of methoxy groups -OCH3 is 1. The van der Waals surface area contributed by atoms with Crippen molar-refractivity contribution in [2.75, 3.05) is 25.2 Å². The molecule has 1 saturated heterocycles. The van der Waals surface area contributed by atoms with Crippen LogP contribution in [-0.2, 0) is 9.53 Å². The first kappa shape index (κ1) is 13.9. The van der Waals surface area contributed by atoms with E-state index in [-0.39, 0.29) is 24.3 Å². The van der Waals surface area contributed by atoms with Gasteiger partial charge in [0.05, 0.1) is 19.6 Å². The zero-order chi connectivity index (χ0) is 13.7. The van der Waals surface area contributed by atoms with Crippen LogP contribution >= 0.6 is 11.8 Å². The highest BCUT2D eigenvalue weighted by Gasteiger charge is 2.30. The average Bonchev–Trinajstić information content (AvgIpc) is 2.48. The van der Waals surface area contributed by atoms with Crippen molar-refractivity contribution in [2.45, 2.75) is 12.5 Å². The minimum Gasteiger partial charge on any atom is -0.469 e. The SMILES string of the molecule is COC(=O)C[C@@H]1CSCCN1C(=O)c1ccccn1. The molecule has 0 unspecified atom stereocenters. The van der Waals surface area contributed by atoms with Crippen LogP contribution < -0.4 is 0 Å². The zero-order valence-corrected chi connectivity index (χ0v) is 11.6. The fourth-order valence-electron chi connectivity index (χ4n) is 2.00. The molecule has 0 aliphatic carbocycles. The first-order chi connectivity index (χ1) is 9.22. The maximum absolute atomic E-state index is 12.4. The molecule has 6 heteroatoms. The molecule has 0 radical (unpaired) electrons. The molecule has 102 valence electrons. The van der Waals surface area contributed by atoms with E-state index < -0.39 is 0 Å². The Hall–Kier alpha value is -1.56. The van der Waals surface area contributed by atoms with E-state index in [1.165, 1.54) is 7.11 Å². The number of rotatable bonds is 3. The average molecular weight is 280 g/mol. The van der Waals surface area contributed by atoms with Crippen LogP contribution in [0.5, 0.6) is 0 Å². The van der Waals surface area contributed by atoms with Gasteiger partial charge in [-0.05, 0) is 12.1 Å². The Bertz CT molecular complexity index is 452. The van der Waals surface area contributed by atoms with Crippen molar-refractivity contribution in [2.24, 2.45) is 0 Å². The van der Waals surface area contributed by atoms with Gasteiger partial charge in [0.2, 0.25) is 0 Å². The molecule has 0 saturated carbocycles. The minimum atomic E-state index is -0.286. The summed E-state index contributed by atoms with van der Waals surface area (Å²) in [4.78, 5) is 29.6. The van der Waals surface area contributed by atoms with Gasteiger partial charge in [0.15, 0.2) is 0 Å². The highest BCUT2D eigenvalue weighted by molar-refractivity contribution is 7.99. The molecule has 1 aromatic rings. The second kappa shape index (κ2) is 6.56. The standard InChI is InChI=1S/C13H16N2O3S/c1-18-12(16)8-10-9-19-7-6-15(10)13(17)11-4-2-3-5-14-11/h2-5,10H,6-9H2,1H3/t10-/m1/s1. The number of hydrogen-bond donors (Lipinski definition) is 0. The Morgan fingerprint density at radius 3 is 3.05 bits per heavy atom. The van der Waals surface area contributed by atoms with Gasteiger partial charge in [0.25, 0.3) is 5.91 Å². The number of aromatic nitrogens is 1. The molecule has 2 rings (SSSR count). The summed E-state index contributed by atoms with van der Waals surface area (Å²) in [5, 5.41) is 0. The Balaban J connectivity index is 2.11. The van der Waals surface area contributed by atoms with Gasteiger partial charge in [-0.25, -0.2) is 0 Å². The molecule has 1 aromatic heterocycles. The van der Waals surface area contributed by atoms with E-state index in [1.54, 1.807) is 41.1 Å². The van der Waals surface area contributed by atoms with Crippen LogP contribution in [0, 0.1) is 0 Å². The summed E-state index contributed by atoms with van der Waals surface area (Å²) in [6.07, 6.45) is 1.84. The Morgan fingerprint density at radius 2 is 2.37 bits per heavy atom. The van der Waals surface area contributed by atoms with Crippen molar-refractivity contribution >= 4 is 23.6 Å². The summed E-state index contributed by atoms with van der Waals surface area (Å²) in [6.45, 7) is 0.641. The van der Waals surface area contributed by atoms with Gasteiger partial charge in [-0.15, -0.1) is 0 Å². The van der Waals surface area contributed by atoms with Gasteiger partial charge >= 0.3 is 5.97 Å². The molecule has 1 fully saturated rings. The minimum absolute atomic E-state index is 0.110. The number of esters is 1. The van der Waals surface area contributed by atoms with Crippen LogP contribution in [0.25, 0.3) is 0 Å². The van der Waals surface area contributed by atoms with Crippen molar-refractivity contribution in [1.29, 1.82) is 0 Å². The van der Waals surface area contributed by atoms with Crippen molar-refractivity contribution < 1.29 is 14.3 Å². The molecule has 1 aliphatic rings. The van der Waals surface area contributed by atoms with E-state index >= 15 is 0 Å². The fourth-order valence-corrected chi connectivity index (χ4v) is 3.07. The third-order valence-corrected chi connectivity index (χ3v) is 4.09. The Labute approximate surface area is 116 Å². The van der Waals surface area contributed by atoms with Gasteiger partial charge in [-0.3, -0.25) is 14.6 Å². The Morgan fingerprint density at radius 1 is 1.53 bits per heavy atom. The highest BCUT2D eigenvalue weighted by Crippen LogP contribution is 2.21. The van der Waals surface area contributed by atoms with Crippen molar-refractivity contribution in [3.05, 3.63) is 30.1 Å². The maximum atomic E-state index is 12.4. The summed E-state index contributed by atoms with van der Waals surface area (Å²) >= 11 is 1.75. The van der Waals surface area contributed by atoms with Crippen molar-refractivity contribution in [3.8, 4) is 0 Å². The first-order valence-electron chi connectivity index (χ1n) is 6.09. The third kappa shape index (κ3) is 3.47. The normalized spacial score (nSPS) is 19.0. The van der Waals surface area contributed by atoms with Crippen molar-refractivity contribution in [3.63, 3.8) is 0 Å². The summed E-state index contributed by atoms with van der Waals surface area (Å²) in [7, 11) is 1.36. The lowest BCUT2D eigenvalue weighted by Gasteiger charge is -2.34. The van der Waals surface area contributed by atoms with Crippen LogP contribution in [0.2, 0.25) is 0 Å². The second-order valence-electron chi connectivity index (χ2n) is 4.22. The number of thioether (sulfide) groups is 1. The molecule has 1 atom stereocenters. The monoisotopic (exact) mass is 280 g/mol. The smallest absolute Gasteiger partial charge is 0.307 e. The highest BCUT2D eigenvalue weighted by atomic mass is 32.2. The molecule has 5 nitrogen and oxygen atoms in total. The lowest BCUT2D eigenvalue weighted by Crippen LogP contribution is -2.47.